The molecule has 0 bridgehead atoms. The molecule has 0 rings (SSSR count). The number of carbonyl (C=O) groups is 2. The summed E-state index contributed by atoms with van der Waals surface area (Å²) in [5.41, 5.74) is 0. The van der Waals surface area contributed by atoms with Crippen LogP contribution in [0.2, 0.25) is 0 Å². The number of Topliss-reactive ketones (excluding diaryl/α,β-unsaturated/α-hetero) is 2. The summed E-state index contributed by atoms with van der Waals surface area (Å²) in [4.78, 5) is 20.0. The second-order valence-electron chi connectivity index (χ2n) is 1.37. The van der Waals surface area contributed by atoms with Crippen molar-refractivity contribution in [2.75, 3.05) is 0 Å². The fourth-order valence-electron chi connectivity index (χ4n) is 0.286. The molecule has 0 unspecified atom stereocenters. The molecule has 0 aliphatic carbocycles. The van der Waals surface area contributed by atoms with Crippen LogP contribution in [0.25, 0.3) is 0 Å². The number of rotatable bonds is 2. The van der Waals surface area contributed by atoms with Crippen LogP contribution in [-0.2, 0) is 29.1 Å². The predicted molar refractivity (Wildman–Crippen MR) is 25.7 cm³/mol. The van der Waals surface area contributed by atoms with Crippen LogP contribution in [0, 0.1) is 6.42 Å². The molecule has 0 saturated heterocycles. The van der Waals surface area contributed by atoms with Gasteiger partial charge >= 0.3 is 19.5 Å². The van der Waals surface area contributed by atoms with Gasteiger partial charge in [0, 0.05) is 11.6 Å². The van der Waals surface area contributed by atoms with E-state index in [4.69, 9.17) is 0 Å². The van der Waals surface area contributed by atoms with E-state index < -0.39 is 0 Å². The van der Waals surface area contributed by atoms with E-state index in [1.165, 1.54) is 13.8 Å². The van der Waals surface area contributed by atoms with Gasteiger partial charge in [0.2, 0.25) is 0 Å². The minimum atomic E-state index is -0.187. The van der Waals surface area contributed by atoms with Crippen LogP contribution < -0.4 is 0 Å². The van der Waals surface area contributed by atoms with E-state index in [1.54, 1.807) is 0 Å². The molecule has 0 fully saturated rings. The molecule has 0 aromatic carbocycles. The van der Waals surface area contributed by atoms with Crippen LogP contribution in [0.3, 0.4) is 0 Å². The van der Waals surface area contributed by atoms with E-state index in [-0.39, 0.29) is 31.0 Å². The van der Waals surface area contributed by atoms with Crippen molar-refractivity contribution in [3.05, 3.63) is 6.42 Å². The Balaban J connectivity index is 0. The van der Waals surface area contributed by atoms with Gasteiger partial charge < -0.3 is 9.59 Å². The summed E-state index contributed by atoms with van der Waals surface area (Å²) in [6, 6.07) is 0. The monoisotopic (exact) mass is 201 g/mol. The first-order chi connectivity index (χ1) is 3.13. The number of hydrogen-bond donors (Lipinski definition) is 0. The van der Waals surface area contributed by atoms with E-state index in [9.17, 15) is 9.59 Å². The number of ketones is 2. The molecule has 0 atom stereocenters. The van der Waals surface area contributed by atoms with Crippen LogP contribution in [0.4, 0.5) is 0 Å². The van der Waals surface area contributed by atoms with Crippen molar-refractivity contribution in [1.29, 1.82) is 0 Å². The van der Waals surface area contributed by atoms with Crippen LogP contribution in [-0.4, -0.2) is 11.6 Å². The van der Waals surface area contributed by atoms with E-state index in [1.807, 2.05) is 0 Å². The number of hydrogen-bond acceptors (Lipinski definition) is 2. The molecule has 0 saturated carbocycles. The second-order valence-corrected chi connectivity index (χ2v) is 1.37. The molecular weight excluding hydrogens is 193 g/mol. The van der Waals surface area contributed by atoms with E-state index in [2.05, 4.69) is 0 Å². The topological polar surface area (TPSA) is 34.1 Å². The fraction of sp³-hybridized carbons (Fsp3) is 0.400. The van der Waals surface area contributed by atoms with E-state index in [0.717, 1.165) is 6.42 Å². The van der Waals surface area contributed by atoms with E-state index in [0.29, 0.717) is 0 Å². The average molecular weight is 200 g/mol. The zero-order chi connectivity index (χ0) is 5.86. The van der Waals surface area contributed by atoms with Gasteiger partial charge in [0.05, 0.1) is 0 Å². The third-order valence-corrected chi connectivity index (χ3v) is 0.407. The van der Waals surface area contributed by atoms with Crippen LogP contribution in [0.15, 0.2) is 0 Å². The summed E-state index contributed by atoms with van der Waals surface area (Å²) < 4.78 is 0. The van der Waals surface area contributed by atoms with Crippen molar-refractivity contribution >= 4 is 11.6 Å². The zero-order valence-corrected chi connectivity index (χ0v) is 6.49. The molecule has 0 aliphatic heterocycles. The number of carbonyl (C=O) groups excluding carboxylic acids is 2. The molecule has 8 heavy (non-hydrogen) atoms. The third-order valence-electron chi connectivity index (χ3n) is 0.407. The van der Waals surface area contributed by atoms with Crippen LogP contribution in [0.1, 0.15) is 13.8 Å². The van der Waals surface area contributed by atoms with Gasteiger partial charge in [-0.2, -0.15) is 0 Å². The van der Waals surface area contributed by atoms with Crippen molar-refractivity contribution in [2.24, 2.45) is 0 Å². The minimum absolute atomic E-state index is 0. The molecule has 1 radical (unpaired) electrons. The average Bonchev–Trinajstić information content (AvgIpc) is 1.27. The minimum Gasteiger partial charge on any atom is -0.334 e. The molecule has 0 amide bonds. The first-order valence-electron chi connectivity index (χ1n) is 1.99. The molecule has 0 N–H and O–H groups in total. The molecule has 0 aromatic heterocycles. The first-order valence-corrected chi connectivity index (χ1v) is 1.99. The standard InChI is InChI=1S/C5H7O2.Ru/c1-4(6)3-5(2)7;/h3H,1-2H3;/q-1;+1. The fourth-order valence-corrected chi connectivity index (χ4v) is 0.286. The van der Waals surface area contributed by atoms with Gasteiger partial charge in [0.25, 0.3) is 0 Å². The first kappa shape index (κ1) is 10.7. The summed E-state index contributed by atoms with van der Waals surface area (Å²) in [6.07, 6.45) is 1.06. The smallest absolute Gasteiger partial charge is 0.334 e. The third kappa shape index (κ3) is 9.27. The molecule has 47 valence electrons. The van der Waals surface area contributed by atoms with Crippen molar-refractivity contribution < 1.29 is 29.1 Å². The maximum atomic E-state index is 9.98. The van der Waals surface area contributed by atoms with Crippen LogP contribution in [0.5, 0.6) is 0 Å². The normalized spacial score (nSPS) is 6.75. The van der Waals surface area contributed by atoms with Crippen molar-refractivity contribution in [2.45, 2.75) is 13.8 Å². The Labute approximate surface area is 61.4 Å². The Hall–Kier alpha value is -0.167. The van der Waals surface area contributed by atoms with Gasteiger partial charge in [-0.05, 0) is 13.8 Å². The maximum absolute atomic E-state index is 9.98. The van der Waals surface area contributed by atoms with Gasteiger partial charge in [-0.15, -0.1) is 0 Å². The van der Waals surface area contributed by atoms with Crippen LogP contribution >= 0.6 is 0 Å². The summed E-state index contributed by atoms with van der Waals surface area (Å²) >= 11 is 0. The summed E-state index contributed by atoms with van der Waals surface area (Å²) in [7, 11) is 0. The zero-order valence-electron chi connectivity index (χ0n) is 4.75. The van der Waals surface area contributed by atoms with Crippen molar-refractivity contribution in [3.63, 3.8) is 0 Å². The maximum Gasteiger partial charge on any atom is 1.00 e. The van der Waals surface area contributed by atoms with Crippen molar-refractivity contribution in [1.82, 2.24) is 0 Å². The van der Waals surface area contributed by atoms with Gasteiger partial charge in [-0.3, -0.25) is 6.42 Å². The quantitative estimate of drug-likeness (QED) is 0.366. The SMILES string of the molecule is CC(=O)[CH-]C(C)=O.[Ru+]. The van der Waals surface area contributed by atoms with Gasteiger partial charge in [0.15, 0.2) is 0 Å². The molecule has 2 nitrogen and oxygen atoms in total. The molecule has 0 aromatic rings. The summed E-state index contributed by atoms with van der Waals surface area (Å²) in [5, 5.41) is 0. The Kier molecular flexibility index (Phi) is 6.69. The van der Waals surface area contributed by atoms with Gasteiger partial charge in [0.1, 0.15) is 0 Å². The Morgan fingerprint density at radius 2 is 1.38 bits per heavy atom. The van der Waals surface area contributed by atoms with Crippen molar-refractivity contribution in [3.8, 4) is 0 Å². The van der Waals surface area contributed by atoms with Gasteiger partial charge in [-0.1, -0.05) is 0 Å². The Morgan fingerprint density at radius 3 is 1.38 bits per heavy atom. The van der Waals surface area contributed by atoms with E-state index >= 15 is 0 Å². The summed E-state index contributed by atoms with van der Waals surface area (Å²) in [5.74, 6) is -0.375. The largest absolute Gasteiger partial charge is 1.00 e. The molecule has 0 spiro atoms. The second kappa shape index (κ2) is 4.98. The van der Waals surface area contributed by atoms with Gasteiger partial charge in [-0.25, -0.2) is 0 Å². The molecular formula is C5H7O2Ru. The predicted octanol–water partition coefficient (Wildman–Crippen LogP) is 0.366. The molecule has 3 heteroatoms. The molecule has 0 heterocycles. The summed E-state index contributed by atoms with van der Waals surface area (Å²) in [6.45, 7) is 2.70. The Bertz CT molecular complexity index is 86.6. The Morgan fingerprint density at radius 1 is 1.12 bits per heavy atom. The molecule has 0 aliphatic rings.